The van der Waals surface area contributed by atoms with Crippen LogP contribution >= 0.6 is 0 Å². The highest BCUT2D eigenvalue weighted by Crippen LogP contribution is 2.23. The highest BCUT2D eigenvalue weighted by atomic mass is 32.2. The van der Waals surface area contributed by atoms with Gasteiger partial charge in [0.2, 0.25) is 0 Å². The molecule has 5 nitrogen and oxygen atoms in total. The summed E-state index contributed by atoms with van der Waals surface area (Å²) in [6, 6.07) is 21.0. The van der Waals surface area contributed by atoms with Gasteiger partial charge in [-0.2, -0.15) is 0 Å². The van der Waals surface area contributed by atoms with Crippen LogP contribution in [0.5, 0.6) is 0 Å². The van der Waals surface area contributed by atoms with E-state index in [-0.39, 0.29) is 22.4 Å². The van der Waals surface area contributed by atoms with Crippen molar-refractivity contribution in [3.05, 3.63) is 95.8 Å². The van der Waals surface area contributed by atoms with E-state index in [2.05, 4.69) is 5.32 Å². The predicted molar refractivity (Wildman–Crippen MR) is 120 cm³/mol. The molecule has 0 radical (unpaired) electrons. The van der Waals surface area contributed by atoms with E-state index in [1.807, 2.05) is 37.3 Å². The van der Waals surface area contributed by atoms with E-state index in [1.54, 1.807) is 6.07 Å². The molecule has 31 heavy (non-hydrogen) atoms. The van der Waals surface area contributed by atoms with Gasteiger partial charge in [0.1, 0.15) is 5.82 Å². The number of benzene rings is 3. The Morgan fingerprint density at radius 3 is 2.35 bits per heavy atom. The number of sulfonamides is 1. The van der Waals surface area contributed by atoms with Crippen LogP contribution in [0.1, 0.15) is 29.3 Å². The summed E-state index contributed by atoms with van der Waals surface area (Å²) in [5.74, 6) is -0.781. The molecule has 162 valence electrons. The van der Waals surface area contributed by atoms with Crippen molar-refractivity contribution in [2.24, 2.45) is 0 Å². The summed E-state index contributed by atoms with van der Waals surface area (Å²) >= 11 is 0. The minimum absolute atomic E-state index is 0.0103. The third-order valence-corrected chi connectivity index (χ3v) is 6.81. The van der Waals surface area contributed by atoms with E-state index in [1.165, 1.54) is 55.1 Å². The topological polar surface area (TPSA) is 66.5 Å². The minimum Gasteiger partial charge on any atom is -0.350 e. The van der Waals surface area contributed by atoms with Gasteiger partial charge in [-0.05, 0) is 67.8 Å². The van der Waals surface area contributed by atoms with E-state index in [4.69, 9.17) is 0 Å². The second-order valence-corrected chi connectivity index (χ2v) is 9.34. The molecule has 0 spiro atoms. The maximum atomic E-state index is 13.2. The van der Waals surface area contributed by atoms with Crippen LogP contribution in [0.3, 0.4) is 0 Å². The molecule has 0 unspecified atom stereocenters. The molecule has 0 aliphatic carbocycles. The molecule has 0 aliphatic rings. The number of carbonyl (C=O) groups excluding carboxylic acids is 1. The van der Waals surface area contributed by atoms with E-state index < -0.39 is 15.8 Å². The molecular weight excluding hydrogens is 415 g/mol. The molecule has 0 aliphatic heterocycles. The molecule has 0 saturated carbocycles. The van der Waals surface area contributed by atoms with Crippen LogP contribution in [-0.2, 0) is 16.4 Å². The molecule has 0 heterocycles. The second kappa shape index (κ2) is 9.75. The van der Waals surface area contributed by atoms with Crippen molar-refractivity contribution < 1.29 is 17.6 Å². The highest BCUT2D eigenvalue weighted by Gasteiger charge is 2.22. The minimum atomic E-state index is -3.90. The van der Waals surface area contributed by atoms with Gasteiger partial charge in [-0.1, -0.05) is 36.4 Å². The lowest BCUT2D eigenvalue weighted by molar-refractivity contribution is 0.0938. The molecule has 1 atom stereocenters. The molecule has 0 aromatic heterocycles. The van der Waals surface area contributed by atoms with Gasteiger partial charge < -0.3 is 5.32 Å². The number of anilines is 1. The van der Waals surface area contributed by atoms with Crippen molar-refractivity contribution in [1.82, 2.24) is 5.32 Å². The second-order valence-electron chi connectivity index (χ2n) is 7.38. The third kappa shape index (κ3) is 5.70. The molecule has 3 aromatic carbocycles. The Balaban J connectivity index is 1.69. The quantitative estimate of drug-likeness (QED) is 0.565. The summed E-state index contributed by atoms with van der Waals surface area (Å²) in [6.45, 7) is 1.92. The van der Waals surface area contributed by atoms with Crippen molar-refractivity contribution in [2.45, 2.75) is 30.7 Å². The van der Waals surface area contributed by atoms with Crippen molar-refractivity contribution in [3.8, 4) is 0 Å². The Bertz CT molecular complexity index is 1130. The Hall–Kier alpha value is -3.19. The lowest BCUT2D eigenvalue weighted by Crippen LogP contribution is -2.33. The largest absolute Gasteiger partial charge is 0.350 e. The van der Waals surface area contributed by atoms with Gasteiger partial charge in [0.05, 0.1) is 10.6 Å². The number of rotatable bonds is 8. The number of aryl methyl sites for hydroxylation is 1. The molecule has 0 bridgehead atoms. The summed E-state index contributed by atoms with van der Waals surface area (Å²) in [6.07, 6.45) is 1.60. The van der Waals surface area contributed by atoms with Crippen LogP contribution in [0.4, 0.5) is 10.1 Å². The van der Waals surface area contributed by atoms with Crippen molar-refractivity contribution >= 4 is 21.6 Å². The number of nitrogens with zero attached hydrogens (tertiary/aromatic N) is 1. The fraction of sp³-hybridized carbons (Fsp3) is 0.208. The molecule has 0 saturated heterocycles. The Morgan fingerprint density at radius 1 is 1.00 bits per heavy atom. The summed E-state index contributed by atoms with van der Waals surface area (Å²) in [5, 5.41) is 2.92. The first-order valence-corrected chi connectivity index (χ1v) is 11.4. The number of carbonyl (C=O) groups is 1. The zero-order chi connectivity index (χ0) is 22.4. The normalized spacial score (nSPS) is 12.2. The smallest absolute Gasteiger partial charge is 0.264 e. The summed E-state index contributed by atoms with van der Waals surface area (Å²) in [4.78, 5) is 12.7. The molecule has 1 N–H and O–H groups in total. The first-order valence-electron chi connectivity index (χ1n) is 9.97. The van der Waals surface area contributed by atoms with Crippen molar-refractivity contribution in [1.29, 1.82) is 0 Å². The molecular formula is C24H25FN2O3S. The third-order valence-electron chi connectivity index (χ3n) is 5.03. The zero-order valence-corrected chi connectivity index (χ0v) is 18.3. The fourth-order valence-electron chi connectivity index (χ4n) is 3.15. The van der Waals surface area contributed by atoms with Gasteiger partial charge in [0.15, 0.2) is 0 Å². The van der Waals surface area contributed by atoms with Gasteiger partial charge in [0, 0.05) is 18.7 Å². The van der Waals surface area contributed by atoms with E-state index >= 15 is 0 Å². The Morgan fingerprint density at radius 2 is 1.68 bits per heavy atom. The van der Waals surface area contributed by atoms with E-state index in [9.17, 15) is 17.6 Å². The van der Waals surface area contributed by atoms with Crippen LogP contribution < -0.4 is 9.62 Å². The Kier molecular flexibility index (Phi) is 7.07. The van der Waals surface area contributed by atoms with Crippen LogP contribution in [-0.4, -0.2) is 27.4 Å². The standard InChI is InChI=1S/C24H25FN2O3S/c1-18(11-12-19-7-4-3-5-8-19)26-24(28)20-9-6-10-23(17-20)31(29,30)27(2)22-15-13-21(25)14-16-22/h3-10,13-18H,11-12H2,1-2H3,(H,26,28)/t18-/m1/s1. The fourth-order valence-corrected chi connectivity index (χ4v) is 4.39. The predicted octanol–water partition coefficient (Wildman–Crippen LogP) is 4.40. The summed E-state index contributed by atoms with van der Waals surface area (Å²) in [7, 11) is -2.51. The maximum Gasteiger partial charge on any atom is 0.264 e. The Labute approximate surface area is 182 Å². The van der Waals surface area contributed by atoms with Gasteiger partial charge in [-0.25, -0.2) is 12.8 Å². The molecule has 0 fully saturated rings. The first-order chi connectivity index (χ1) is 14.8. The average Bonchev–Trinajstić information content (AvgIpc) is 2.78. The molecule has 3 aromatic rings. The van der Waals surface area contributed by atoms with Crippen LogP contribution in [0, 0.1) is 5.82 Å². The van der Waals surface area contributed by atoms with E-state index in [0.717, 1.165) is 17.1 Å². The number of halogens is 1. The van der Waals surface area contributed by atoms with Gasteiger partial charge in [0.25, 0.3) is 15.9 Å². The van der Waals surface area contributed by atoms with Crippen molar-refractivity contribution in [3.63, 3.8) is 0 Å². The van der Waals surface area contributed by atoms with Gasteiger partial charge >= 0.3 is 0 Å². The number of amides is 1. The van der Waals surface area contributed by atoms with Crippen LogP contribution in [0.2, 0.25) is 0 Å². The number of nitrogens with one attached hydrogen (secondary N) is 1. The molecule has 7 heteroatoms. The SMILES string of the molecule is C[C@H](CCc1ccccc1)NC(=O)c1cccc(S(=O)(=O)N(C)c2ccc(F)cc2)c1. The number of hydrogen-bond acceptors (Lipinski definition) is 3. The van der Waals surface area contributed by atoms with Crippen LogP contribution in [0.15, 0.2) is 83.8 Å². The average molecular weight is 441 g/mol. The highest BCUT2D eigenvalue weighted by molar-refractivity contribution is 7.92. The van der Waals surface area contributed by atoms with E-state index in [0.29, 0.717) is 5.69 Å². The lowest BCUT2D eigenvalue weighted by atomic mass is 10.1. The summed E-state index contributed by atoms with van der Waals surface area (Å²) < 4.78 is 40.2. The molecule has 3 rings (SSSR count). The maximum absolute atomic E-state index is 13.2. The number of hydrogen-bond donors (Lipinski definition) is 1. The van der Waals surface area contributed by atoms with Crippen molar-refractivity contribution in [2.75, 3.05) is 11.4 Å². The van der Waals surface area contributed by atoms with Gasteiger partial charge in [-0.15, -0.1) is 0 Å². The van der Waals surface area contributed by atoms with Gasteiger partial charge in [-0.3, -0.25) is 9.10 Å². The lowest BCUT2D eigenvalue weighted by Gasteiger charge is -2.20. The zero-order valence-electron chi connectivity index (χ0n) is 17.5. The summed E-state index contributed by atoms with van der Waals surface area (Å²) in [5.41, 5.74) is 1.78. The monoisotopic (exact) mass is 440 g/mol. The molecule has 1 amide bonds. The van der Waals surface area contributed by atoms with Crippen LogP contribution in [0.25, 0.3) is 0 Å². The first kappa shape index (κ1) is 22.5.